The molecule has 3 rings (SSSR count). The van der Waals surface area contributed by atoms with Gasteiger partial charge in [-0.05, 0) is 12.1 Å². The molecule has 1 amide bonds. The first-order valence-electron chi connectivity index (χ1n) is 8.42. The smallest absolute Gasteiger partial charge is 0.271 e. The molecular weight excluding hydrogens is 318 g/mol. The lowest BCUT2D eigenvalue weighted by atomic mass is 10.2. The van der Waals surface area contributed by atoms with Crippen LogP contribution in [0, 0.1) is 0 Å². The van der Waals surface area contributed by atoms with Crippen LogP contribution in [-0.4, -0.2) is 62.3 Å². The molecule has 25 heavy (non-hydrogen) atoms. The Balaban J connectivity index is 1.54. The van der Waals surface area contributed by atoms with Gasteiger partial charge in [0.05, 0.1) is 19.0 Å². The summed E-state index contributed by atoms with van der Waals surface area (Å²) in [6.07, 6.45) is 3.20. The molecule has 0 spiro atoms. The normalized spacial score (nSPS) is 14.4. The van der Waals surface area contributed by atoms with Crippen LogP contribution in [0.15, 0.2) is 42.7 Å². The molecule has 0 saturated carbocycles. The Labute approximate surface area is 147 Å². The van der Waals surface area contributed by atoms with Crippen molar-refractivity contribution in [3.63, 3.8) is 0 Å². The highest BCUT2D eigenvalue weighted by atomic mass is 16.5. The Morgan fingerprint density at radius 2 is 1.80 bits per heavy atom. The van der Waals surface area contributed by atoms with Gasteiger partial charge < -0.3 is 19.9 Å². The van der Waals surface area contributed by atoms with Crippen molar-refractivity contribution in [1.82, 2.24) is 15.3 Å². The van der Waals surface area contributed by atoms with Crippen LogP contribution in [0.4, 0.5) is 11.5 Å². The third-order valence-corrected chi connectivity index (χ3v) is 4.19. The van der Waals surface area contributed by atoms with Crippen molar-refractivity contribution in [3.05, 3.63) is 48.4 Å². The number of carbonyl (C=O) groups excluding carboxylic acids is 1. The minimum atomic E-state index is -0.231. The second-order valence-corrected chi connectivity index (χ2v) is 5.82. The minimum absolute atomic E-state index is 0.231. The molecule has 0 unspecified atom stereocenters. The van der Waals surface area contributed by atoms with E-state index in [0.29, 0.717) is 18.8 Å². The Bertz CT molecular complexity index is 670. The Kier molecular flexibility index (Phi) is 5.79. The van der Waals surface area contributed by atoms with Crippen LogP contribution in [0.5, 0.6) is 0 Å². The number of hydrogen-bond acceptors (Lipinski definition) is 6. The minimum Gasteiger partial charge on any atom is -0.383 e. The second-order valence-electron chi connectivity index (χ2n) is 5.82. The summed E-state index contributed by atoms with van der Waals surface area (Å²) in [6.45, 7) is 4.56. The van der Waals surface area contributed by atoms with Gasteiger partial charge in [0.25, 0.3) is 5.91 Å². The Morgan fingerprint density at radius 1 is 1.08 bits per heavy atom. The Morgan fingerprint density at radius 3 is 2.44 bits per heavy atom. The third-order valence-electron chi connectivity index (χ3n) is 4.19. The topological polar surface area (TPSA) is 70.6 Å². The number of ether oxygens (including phenoxy) is 1. The SMILES string of the molecule is COCCNC(=O)c1cnc(N2CCN(c3ccccc3)CC2)cn1. The molecule has 2 heterocycles. The summed E-state index contributed by atoms with van der Waals surface area (Å²) in [7, 11) is 1.60. The quantitative estimate of drug-likeness (QED) is 0.796. The van der Waals surface area contributed by atoms with Gasteiger partial charge in [-0.2, -0.15) is 0 Å². The molecule has 0 aliphatic carbocycles. The van der Waals surface area contributed by atoms with E-state index in [0.717, 1.165) is 32.0 Å². The molecule has 1 saturated heterocycles. The van der Waals surface area contributed by atoms with Crippen LogP contribution in [0.3, 0.4) is 0 Å². The van der Waals surface area contributed by atoms with Gasteiger partial charge in [0.1, 0.15) is 11.5 Å². The zero-order valence-corrected chi connectivity index (χ0v) is 14.4. The maximum absolute atomic E-state index is 11.9. The number of amides is 1. The number of rotatable bonds is 6. The van der Waals surface area contributed by atoms with Crippen molar-refractivity contribution in [2.75, 3.05) is 56.2 Å². The number of hydrogen-bond donors (Lipinski definition) is 1. The zero-order chi connectivity index (χ0) is 17.5. The van der Waals surface area contributed by atoms with Crippen molar-refractivity contribution in [3.8, 4) is 0 Å². The van der Waals surface area contributed by atoms with Crippen LogP contribution in [0.1, 0.15) is 10.5 Å². The van der Waals surface area contributed by atoms with E-state index in [2.05, 4.69) is 49.4 Å². The van der Waals surface area contributed by atoms with Crippen molar-refractivity contribution in [2.24, 2.45) is 0 Å². The number of methoxy groups -OCH3 is 1. The van der Waals surface area contributed by atoms with Crippen LogP contribution < -0.4 is 15.1 Å². The zero-order valence-electron chi connectivity index (χ0n) is 14.4. The summed E-state index contributed by atoms with van der Waals surface area (Å²) in [5.74, 6) is 0.575. The molecule has 7 heteroatoms. The summed E-state index contributed by atoms with van der Waals surface area (Å²) in [5, 5.41) is 2.74. The van der Waals surface area contributed by atoms with Gasteiger partial charge in [-0.1, -0.05) is 18.2 Å². The molecule has 1 aromatic heterocycles. The molecule has 1 aliphatic rings. The number of piperazine rings is 1. The molecule has 1 aromatic carbocycles. The van der Waals surface area contributed by atoms with E-state index >= 15 is 0 Å². The molecule has 1 N–H and O–H groups in total. The Hall–Kier alpha value is -2.67. The first-order valence-corrected chi connectivity index (χ1v) is 8.42. The molecule has 7 nitrogen and oxygen atoms in total. The summed E-state index contributed by atoms with van der Waals surface area (Å²) >= 11 is 0. The van der Waals surface area contributed by atoms with Gasteiger partial charge in [-0.15, -0.1) is 0 Å². The van der Waals surface area contributed by atoms with E-state index in [9.17, 15) is 4.79 Å². The van der Waals surface area contributed by atoms with E-state index in [-0.39, 0.29) is 5.91 Å². The number of para-hydroxylation sites is 1. The van der Waals surface area contributed by atoms with E-state index in [4.69, 9.17) is 4.74 Å². The average molecular weight is 341 g/mol. The highest BCUT2D eigenvalue weighted by molar-refractivity contribution is 5.91. The maximum Gasteiger partial charge on any atom is 0.271 e. The number of nitrogens with zero attached hydrogens (tertiary/aromatic N) is 4. The predicted molar refractivity (Wildman–Crippen MR) is 97.1 cm³/mol. The number of anilines is 2. The van der Waals surface area contributed by atoms with Crippen molar-refractivity contribution in [2.45, 2.75) is 0 Å². The molecular formula is C18H23N5O2. The van der Waals surface area contributed by atoms with Crippen LogP contribution in [0.25, 0.3) is 0 Å². The largest absolute Gasteiger partial charge is 0.383 e. The van der Waals surface area contributed by atoms with Crippen LogP contribution in [0.2, 0.25) is 0 Å². The highest BCUT2D eigenvalue weighted by Crippen LogP contribution is 2.18. The number of aromatic nitrogens is 2. The van der Waals surface area contributed by atoms with Crippen molar-refractivity contribution < 1.29 is 9.53 Å². The molecule has 0 radical (unpaired) electrons. The van der Waals surface area contributed by atoms with E-state index in [1.165, 1.54) is 11.9 Å². The molecule has 2 aromatic rings. The lowest BCUT2D eigenvalue weighted by molar-refractivity contribution is 0.0931. The lowest BCUT2D eigenvalue weighted by Gasteiger charge is -2.36. The molecule has 1 fully saturated rings. The van der Waals surface area contributed by atoms with Crippen molar-refractivity contribution >= 4 is 17.4 Å². The molecule has 1 aliphatic heterocycles. The third kappa shape index (κ3) is 4.45. The van der Waals surface area contributed by atoms with Gasteiger partial charge in [0, 0.05) is 45.5 Å². The fourth-order valence-corrected chi connectivity index (χ4v) is 2.79. The molecule has 0 bridgehead atoms. The van der Waals surface area contributed by atoms with Gasteiger partial charge in [0.2, 0.25) is 0 Å². The molecule has 132 valence electrons. The number of nitrogens with one attached hydrogen (secondary N) is 1. The first kappa shape index (κ1) is 17.2. The predicted octanol–water partition coefficient (Wildman–Crippen LogP) is 1.18. The van der Waals surface area contributed by atoms with E-state index in [1.807, 2.05) is 6.07 Å². The van der Waals surface area contributed by atoms with Crippen molar-refractivity contribution in [1.29, 1.82) is 0 Å². The fourth-order valence-electron chi connectivity index (χ4n) is 2.79. The standard InChI is InChI=1S/C18H23N5O2/c1-25-12-7-19-18(24)16-13-21-17(14-20-16)23-10-8-22(9-11-23)15-5-3-2-4-6-15/h2-6,13-14H,7-12H2,1H3,(H,19,24). The average Bonchev–Trinajstić information content (AvgIpc) is 2.69. The summed E-state index contributed by atoms with van der Waals surface area (Å²) in [5.41, 5.74) is 1.57. The fraction of sp³-hybridized carbons (Fsp3) is 0.389. The highest BCUT2D eigenvalue weighted by Gasteiger charge is 2.19. The second kappa shape index (κ2) is 8.43. The first-order chi connectivity index (χ1) is 12.3. The van der Waals surface area contributed by atoms with Gasteiger partial charge in [0.15, 0.2) is 0 Å². The van der Waals surface area contributed by atoms with E-state index < -0.39 is 0 Å². The number of carbonyl (C=O) groups is 1. The van der Waals surface area contributed by atoms with Gasteiger partial charge >= 0.3 is 0 Å². The van der Waals surface area contributed by atoms with Crippen LogP contribution in [-0.2, 0) is 4.74 Å². The number of benzene rings is 1. The molecule has 0 atom stereocenters. The lowest BCUT2D eigenvalue weighted by Crippen LogP contribution is -2.46. The monoisotopic (exact) mass is 341 g/mol. The summed E-state index contributed by atoms with van der Waals surface area (Å²) < 4.78 is 4.91. The maximum atomic E-state index is 11.9. The van der Waals surface area contributed by atoms with Gasteiger partial charge in [-0.25, -0.2) is 9.97 Å². The van der Waals surface area contributed by atoms with Gasteiger partial charge in [-0.3, -0.25) is 4.79 Å². The van der Waals surface area contributed by atoms with E-state index in [1.54, 1.807) is 13.3 Å². The van der Waals surface area contributed by atoms with Crippen LogP contribution >= 0.6 is 0 Å². The summed E-state index contributed by atoms with van der Waals surface area (Å²) in [6, 6.07) is 10.4. The summed E-state index contributed by atoms with van der Waals surface area (Å²) in [4.78, 5) is 25.1.